The van der Waals surface area contributed by atoms with E-state index in [-0.39, 0.29) is 11.5 Å². The van der Waals surface area contributed by atoms with E-state index in [9.17, 15) is 13.7 Å². The zero-order valence-electron chi connectivity index (χ0n) is 16.9. The van der Waals surface area contributed by atoms with Crippen LogP contribution in [0.3, 0.4) is 0 Å². The summed E-state index contributed by atoms with van der Waals surface area (Å²) < 4.78 is 28.4. The lowest BCUT2D eigenvalue weighted by Crippen LogP contribution is -2.40. The number of ether oxygens (including phenoxy) is 1. The molecule has 1 N–H and O–H groups in total. The van der Waals surface area contributed by atoms with Gasteiger partial charge in [-0.1, -0.05) is 0 Å². The van der Waals surface area contributed by atoms with Crippen molar-refractivity contribution in [1.82, 2.24) is 9.97 Å². The molecule has 3 aromatic rings. The maximum Gasteiger partial charge on any atom is 0.227 e. The maximum absolute atomic E-state index is 11.6. The number of sulfone groups is 1. The molecule has 0 spiro atoms. The summed E-state index contributed by atoms with van der Waals surface area (Å²) in [6, 6.07) is 17.0. The summed E-state index contributed by atoms with van der Waals surface area (Å²) in [5.41, 5.74) is 3.71. The van der Waals surface area contributed by atoms with E-state index in [0.717, 1.165) is 16.9 Å². The number of hydrogen-bond acceptors (Lipinski definition) is 8. The molecule has 158 valence electrons. The number of anilines is 3. The SMILES string of the molecule is COc1ccc(-c2ccnc(Nc3ccc(N4CCS(=O)(=O)CC4)cc3)n2)cc1C#N. The van der Waals surface area contributed by atoms with E-state index in [1.165, 1.54) is 7.11 Å². The second-order valence-corrected chi connectivity index (χ2v) is 9.41. The molecule has 1 aromatic heterocycles. The summed E-state index contributed by atoms with van der Waals surface area (Å²) in [6.45, 7) is 1.01. The van der Waals surface area contributed by atoms with Crippen molar-refractivity contribution < 1.29 is 13.2 Å². The first-order valence-corrected chi connectivity index (χ1v) is 11.5. The molecule has 1 saturated heterocycles. The van der Waals surface area contributed by atoms with Crippen LogP contribution >= 0.6 is 0 Å². The van der Waals surface area contributed by atoms with Crippen LogP contribution in [-0.2, 0) is 9.84 Å². The molecular weight excluding hydrogens is 414 g/mol. The molecule has 0 saturated carbocycles. The van der Waals surface area contributed by atoms with Gasteiger partial charge in [-0.2, -0.15) is 5.26 Å². The topological polar surface area (TPSA) is 108 Å². The average molecular weight is 436 g/mol. The first-order chi connectivity index (χ1) is 15.0. The molecule has 2 heterocycles. The molecule has 1 aliphatic heterocycles. The van der Waals surface area contributed by atoms with E-state index >= 15 is 0 Å². The van der Waals surface area contributed by atoms with E-state index in [2.05, 4.69) is 26.3 Å². The van der Waals surface area contributed by atoms with Gasteiger partial charge in [-0.25, -0.2) is 18.4 Å². The highest BCUT2D eigenvalue weighted by atomic mass is 32.2. The second-order valence-electron chi connectivity index (χ2n) is 7.10. The highest BCUT2D eigenvalue weighted by molar-refractivity contribution is 7.91. The number of aromatic nitrogens is 2. The molecule has 2 aromatic carbocycles. The fourth-order valence-electron chi connectivity index (χ4n) is 3.39. The van der Waals surface area contributed by atoms with Gasteiger partial charge in [-0.15, -0.1) is 0 Å². The lowest BCUT2D eigenvalue weighted by molar-refractivity contribution is 0.413. The normalized spacial score (nSPS) is 15.2. The third-order valence-electron chi connectivity index (χ3n) is 5.10. The van der Waals surface area contributed by atoms with Crippen LogP contribution in [0, 0.1) is 11.3 Å². The quantitative estimate of drug-likeness (QED) is 0.652. The number of methoxy groups -OCH3 is 1. The van der Waals surface area contributed by atoms with Crippen LogP contribution in [0.4, 0.5) is 17.3 Å². The Bertz CT molecular complexity index is 1220. The summed E-state index contributed by atoms with van der Waals surface area (Å²) in [5.74, 6) is 1.33. The molecule has 0 atom stereocenters. The van der Waals surface area contributed by atoms with E-state index in [0.29, 0.717) is 36.0 Å². The molecular formula is C22H21N5O3S. The van der Waals surface area contributed by atoms with Gasteiger partial charge in [0.2, 0.25) is 5.95 Å². The summed E-state index contributed by atoms with van der Waals surface area (Å²) in [6.07, 6.45) is 1.66. The summed E-state index contributed by atoms with van der Waals surface area (Å²) >= 11 is 0. The standard InChI is InChI=1S/C22H21N5O3S/c1-30-21-7-2-16(14-17(21)15-23)20-8-9-24-22(26-20)25-18-3-5-19(6-4-18)27-10-12-31(28,29)13-11-27/h2-9,14H,10-13H2,1H3,(H,24,25,26). The van der Waals surface area contributed by atoms with Gasteiger partial charge in [0.25, 0.3) is 0 Å². The van der Waals surface area contributed by atoms with Crippen LogP contribution in [0.1, 0.15) is 5.56 Å². The summed E-state index contributed by atoms with van der Waals surface area (Å²) in [5, 5.41) is 12.5. The molecule has 8 nitrogen and oxygen atoms in total. The number of benzene rings is 2. The first-order valence-electron chi connectivity index (χ1n) is 9.71. The third-order valence-corrected chi connectivity index (χ3v) is 6.71. The molecule has 31 heavy (non-hydrogen) atoms. The minimum atomic E-state index is -2.90. The second kappa shape index (κ2) is 8.62. The molecule has 0 bridgehead atoms. The molecule has 0 radical (unpaired) electrons. The van der Waals surface area contributed by atoms with Crippen molar-refractivity contribution in [1.29, 1.82) is 5.26 Å². The Morgan fingerprint density at radius 2 is 1.84 bits per heavy atom. The highest BCUT2D eigenvalue weighted by Crippen LogP contribution is 2.26. The Kier molecular flexibility index (Phi) is 5.73. The van der Waals surface area contributed by atoms with E-state index in [1.54, 1.807) is 24.4 Å². The van der Waals surface area contributed by atoms with Crippen molar-refractivity contribution >= 4 is 27.2 Å². The van der Waals surface area contributed by atoms with Crippen LogP contribution in [-0.4, -0.2) is 50.1 Å². The zero-order valence-corrected chi connectivity index (χ0v) is 17.8. The fourth-order valence-corrected chi connectivity index (χ4v) is 4.59. The molecule has 0 aliphatic carbocycles. The van der Waals surface area contributed by atoms with Gasteiger partial charge in [-0.3, -0.25) is 0 Å². The molecule has 0 unspecified atom stereocenters. The smallest absolute Gasteiger partial charge is 0.227 e. The Labute approximate surface area is 181 Å². The van der Waals surface area contributed by atoms with Gasteiger partial charge < -0.3 is 15.0 Å². The van der Waals surface area contributed by atoms with E-state index < -0.39 is 9.84 Å². The van der Waals surface area contributed by atoms with Gasteiger partial charge in [0.1, 0.15) is 11.8 Å². The number of hydrogen-bond donors (Lipinski definition) is 1. The minimum absolute atomic E-state index is 0.187. The van der Waals surface area contributed by atoms with Crippen LogP contribution in [0.25, 0.3) is 11.3 Å². The molecule has 1 aliphatic rings. The molecule has 1 fully saturated rings. The number of nitrogens with one attached hydrogen (secondary N) is 1. The van der Waals surface area contributed by atoms with Gasteiger partial charge >= 0.3 is 0 Å². The predicted molar refractivity (Wildman–Crippen MR) is 119 cm³/mol. The van der Waals surface area contributed by atoms with Gasteiger partial charge in [0.05, 0.1) is 29.9 Å². The lowest BCUT2D eigenvalue weighted by Gasteiger charge is -2.28. The van der Waals surface area contributed by atoms with Crippen molar-refractivity contribution in [2.24, 2.45) is 0 Å². The third kappa shape index (κ3) is 4.75. The minimum Gasteiger partial charge on any atom is -0.495 e. The van der Waals surface area contributed by atoms with Gasteiger partial charge in [0.15, 0.2) is 9.84 Å². The van der Waals surface area contributed by atoms with E-state index in [4.69, 9.17) is 4.74 Å². The van der Waals surface area contributed by atoms with Crippen molar-refractivity contribution in [2.45, 2.75) is 0 Å². The lowest BCUT2D eigenvalue weighted by atomic mass is 10.1. The van der Waals surface area contributed by atoms with Crippen LogP contribution in [0.15, 0.2) is 54.7 Å². The van der Waals surface area contributed by atoms with Crippen molar-refractivity contribution in [3.8, 4) is 23.1 Å². The Balaban J connectivity index is 1.49. The van der Waals surface area contributed by atoms with Crippen molar-refractivity contribution in [2.75, 3.05) is 41.9 Å². The number of nitrogens with zero attached hydrogens (tertiary/aromatic N) is 4. The van der Waals surface area contributed by atoms with Crippen molar-refractivity contribution in [3.63, 3.8) is 0 Å². The average Bonchev–Trinajstić information content (AvgIpc) is 2.79. The Hall–Kier alpha value is -3.64. The molecule has 9 heteroatoms. The van der Waals surface area contributed by atoms with Crippen LogP contribution in [0.5, 0.6) is 5.75 Å². The van der Waals surface area contributed by atoms with Gasteiger partial charge in [0, 0.05) is 36.2 Å². The fraction of sp³-hybridized carbons (Fsp3) is 0.227. The first kappa shape index (κ1) is 20.6. The highest BCUT2D eigenvalue weighted by Gasteiger charge is 2.21. The Morgan fingerprint density at radius 1 is 1.10 bits per heavy atom. The summed E-state index contributed by atoms with van der Waals surface area (Å²) in [7, 11) is -1.37. The van der Waals surface area contributed by atoms with E-state index in [1.807, 2.05) is 30.3 Å². The van der Waals surface area contributed by atoms with Crippen molar-refractivity contribution in [3.05, 3.63) is 60.3 Å². The van der Waals surface area contributed by atoms with Gasteiger partial charge in [-0.05, 0) is 48.5 Å². The maximum atomic E-state index is 11.6. The zero-order chi connectivity index (χ0) is 21.8. The molecule has 0 amide bonds. The summed E-state index contributed by atoms with van der Waals surface area (Å²) in [4.78, 5) is 10.9. The van der Waals surface area contributed by atoms with Crippen LogP contribution in [0.2, 0.25) is 0 Å². The predicted octanol–water partition coefficient (Wildman–Crippen LogP) is 3.00. The van der Waals surface area contributed by atoms with Crippen LogP contribution < -0.4 is 15.0 Å². The number of rotatable bonds is 5. The Morgan fingerprint density at radius 3 is 2.52 bits per heavy atom. The monoisotopic (exact) mass is 435 g/mol. The number of nitriles is 1. The molecule has 4 rings (SSSR count). The largest absolute Gasteiger partial charge is 0.495 e.